The highest BCUT2D eigenvalue weighted by molar-refractivity contribution is 4.74. The lowest BCUT2D eigenvalue weighted by Gasteiger charge is -2.27. The van der Waals surface area contributed by atoms with Crippen LogP contribution in [0.3, 0.4) is 0 Å². The van der Waals surface area contributed by atoms with Gasteiger partial charge in [0, 0.05) is 0 Å². The Kier molecular flexibility index (Phi) is 3.15. The van der Waals surface area contributed by atoms with E-state index in [9.17, 15) is 0 Å². The molecule has 0 heterocycles. The molecule has 0 saturated carbocycles. The van der Waals surface area contributed by atoms with Crippen LogP contribution in [0.5, 0.6) is 0 Å². The summed E-state index contributed by atoms with van der Waals surface area (Å²) in [5.74, 6) is 0.456. The summed E-state index contributed by atoms with van der Waals surface area (Å²) in [7, 11) is 0. The fourth-order valence-corrected chi connectivity index (χ4v) is 0.803. The molecule has 0 fully saturated rings. The first kappa shape index (κ1) is 8.92. The van der Waals surface area contributed by atoms with E-state index < -0.39 is 0 Å². The highest BCUT2D eigenvalue weighted by atomic mass is 14.6. The van der Waals surface area contributed by atoms with Crippen LogP contribution in [0.25, 0.3) is 0 Å². The summed E-state index contributed by atoms with van der Waals surface area (Å²) in [5, 5.41) is 0. The molecule has 0 aliphatic heterocycles. The molecule has 2 heteroatoms. The van der Waals surface area contributed by atoms with E-state index in [1.165, 1.54) is 0 Å². The van der Waals surface area contributed by atoms with E-state index in [4.69, 9.17) is 11.5 Å². The van der Waals surface area contributed by atoms with Gasteiger partial charge in [-0.3, -0.25) is 0 Å². The number of nitrogens with two attached hydrogens (primary N) is 2. The van der Waals surface area contributed by atoms with E-state index in [0.29, 0.717) is 19.0 Å². The molecule has 0 aromatic heterocycles. The Morgan fingerprint density at radius 1 is 1.11 bits per heavy atom. The van der Waals surface area contributed by atoms with Crippen LogP contribution in [0.2, 0.25) is 0 Å². The zero-order valence-electron chi connectivity index (χ0n) is 6.65. The normalized spacial score (nSPS) is 12.7. The molecule has 0 rings (SSSR count). The first-order chi connectivity index (χ1) is 4.02. The van der Waals surface area contributed by atoms with Crippen LogP contribution in [0.1, 0.15) is 20.8 Å². The van der Waals surface area contributed by atoms with Gasteiger partial charge in [0.25, 0.3) is 0 Å². The Balaban J connectivity index is 3.79. The van der Waals surface area contributed by atoms with Crippen molar-refractivity contribution >= 4 is 0 Å². The van der Waals surface area contributed by atoms with Crippen molar-refractivity contribution in [2.75, 3.05) is 13.1 Å². The van der Waals surface area contributed by atoms with Crippen LogP contribution >= 0.6 is 0 Å². The first-order valence-corrected chi connectivity index (χ1v) is 3.42. The summed E-state index contributed by atoms with van der Waals surface area (Å²) in [6, 6.07) is 0. The van der Waals surface area contributed by atoms with Crippen molar-refractivity contribution in [1.82, 2.24) is 0 Å². The SMILES string of the molecule is CC(C)(C)C(CN)CN. The van der Waals surface area contributed by atoms with Crippen LogP contribution < -0.4 is 11.5 Å². The fourth-order valence-electron chi connectivity index (χ4n) is 0.803. The minimum absolute atomic E-state index is 0.267. The average Bonchev–Trinajstić information content (AvgIpc) is 1.65. The minimum Gasteiger partial charge on any atom is -0.330 e. The lowest BCUT2D eigenvalue weighted by atomic mass is 9.81. The van der Waals surface area contributed by atoms with E-state index in [-0.39, 0.29) is 5.41 Å². The molecule has 9 heavy (non-hydrogen) atoms. The second kappa shape index (κ2) is 3.18. The Morgan fingerprint density at radius 2 is 1.44 bits per heavy atom. The summed E-state index contributed by atoms with van der Waals surface area (Å²) in [6.07, 6.45) is 0. The zero-order valence-corrected chi connectivity index (χ0v) is 6.65. The van der Waals surface area contributed by atoms with E-state index in [1.807, 2.05) is 0 Å². The maximum absolute atomic E-state index is 5.49. The van der Waals surface area contributed by atoms with Crippen LogP contribution in [-0.4, -0.2) is 13.1 Å². The molecule has 56 valence electrons. The first-order valence-electron chi connectivity index (χ1n) is 3.42. The van der Waals surface area contributed by atoms with Crippen LogP contribution in [0.4, 0.5) is 0 Å². The molecule has 0 aliphatic rings. The largest absolute Gasteiger partial charge is 0.330 e. The summed E-state index contributed by atoms with van der Waals surface area (Å²) in [4.78, 5) is 0. The van der Waals surface area contributed by atoms with Gasteiger partial charge < -0.3 is 11.5 Å². The predicted octanol–water partition coefficient (Wildman–Crippen LogP) is 0.566. The Morgan fingerprint density at radius 3 is 1.44 bits per heavy atom. The molecule has 0 aromatic rings. The molecule has 4 N–H and O–H groups in total. The molecular formula is C7H18N2. The topological polar surface area (TPSA) is 52.0 Å². The van der Waals surface area contributed by atoms with Gasteiger partial charge in [0.15, 0.2) is 0 Å². The average molecular weight is 130 g/mol. The van der Waals surface area contributed by atoms with Crippen molar-refractivity contribution in [3.8, 4) is 0 Å². The second-order valence-corrected chi connectivity index (χ2v) is 3.53. The van der Waals surface area contributed by atoms with Gasteiger partial charge >= 0.3 is 0 Å². The second-order valence-electron chi connectivity index (χ2n) is 3.53. The summed E-state index contributed by atoms with van der Waals surface area (Å²) in [5.41, 5.74) is 11.2. The Hall–Kier alpha value is -0.0800. The smallest absolute Gasteiger partial charge is 0.00318 e. The molecule has 0 atom stereocenters. The highest BCUT2D eigenvalue weighted by Gasteiger charge is 2.20. The number of hydrogen-bond acceptors (Lipinski definition) is 2. The van der Waals surface area contributed by atoms with Crippen LogP contribution in [0.15, 0.2) is 0 Å². The third-order valence-corrected chi connectivity index (χ3v) is 1.79. The van der Waals surface area contributed by atoms with Gasteiger partial charge in [-0.2, -0.15) is 0 Å². The molecular weight excluding hydrogens is 112 g/mol. The van der Waals surface area contributed by atoms with Crippen molar-refractivity contribution in [3.63, 3.8) is 0 Å². The van der Waals surface area contributed by atoms with Gasteiger partial charge in [-0.25, -0.2) is 0 Å². The number of rotatable bonds is 2. The molecule has 0 aliphatic carbocycles. The van der Waals surface area contributed by atoms with Gasteiger partial charge in [-0.05, 0) is 24.4 Å². The lowest BCUT2D eigenvalue weighted by molar-refractivity contribution is 0.254. The van der Waals surface area contributed by atoms with Crippen molar-refractivity contribution in [3.05, 3.63) is 0 Å². The van der Waals surface area contributed by atoms with Crippen LogP contribution in [-0.2, 0) is 0 Å². The Bertz CT molecular complexity index is 69.5. The summed E-state index contributed by atoms with van der Waals surface area (Å²) in [6.45, 7) is 7.88. The quantitative estimate of drug-likeness (QED) is 0.574. The van der Waals surface area contributed by atoms with Gasteiger partial charge in [0.2, 0.25) is 0 Å². The monoisotopic (exact) mass is 130 g/mol. The molecule has 0 unspecified atom stereocenters. The van der Waals surface area contributed by atoms with E-state index in [2.05, 4.69) is 20.8 Å². The standard InChI is InChI=1S/C7H18N2/c1-7(2,3)6(4-8)5-9/h6H,4-5,8-9H2,1-3H3. The van der Waals surface area contributed by atoms with Gasteiger partial charge in [0.1, 0.15) is 0 Å². The molecule has 0 bridgehead atoms. The number of hydrogen-bond donors (Lipinski definition) is 2. The van der Waals surface area contributed by atoms with E-state index in [0.717, 1.165) is 0 Å². The minimum atomic E-state index is 0.267. The van der Waals surface area contributed by atoms with Crippen molar-refractivity contribution in [1.29, 1.82) is 0 Å². The maximum Gasteiger partial charge on any atom is -0.00318 e. The van der Waals surface area contributed by atoms with Crippen molar-refractivity contribution < 1.29 is 0 Å². The molecule has 0 aromatic carbocycles. The third-order valence-electron chi connectivity index (χ3n) is 1.79. The molecule has 0 amide bonds. The van der Waals surface area contributed by atoms with E-state index >= 15 is 0 Å². The van der Waals surface area contributed by atoms with Gasteiger partial charge in [0.05, 0.1) is 0 Å². The van der Waals surface area contributed by atoms with Gasteiger partial charge in [-0.15, -0.1) is 0 Å². The lowest BCUT2D eigenvalue weighted by Crippen LogP contribution is -2.34. The zero-order chi connectivity index (χ0) is 7.49. The third kappa shape index (κ3) is 2.82. The van der Waals surface area contributed by atoms with Gasteiger partial charge in [-0.1, -0.05) is 20.8 Å². The van der Waals surface area contributed by atoms with E-state index in [1.54, 1.807) is 0 Å². The van der Waals surface area contributed by atoms with Crippen LogP contribution in [0, 0.1) is 11.3 Å². The predicted molar refractivity (Wildman–Crippen MR) is 41.1 cm³/mol. The molecule has 0 spiro atoms. The van der Waals surface area contributed by atoms with Crippen molar-refractivity contribution in [2.24, 2.45) is 22.8 Å². The molecule has 2 nitrogen and oxygen atoms in total. The summed E-state index contributed by atoms with van der Waals surface area (Å²) >= 11 is 0. The molecule has 0 radical (unpaired) electrons. The maximum atomic E-state index is 5.49. The molecule has 0 saturated heterocycles. The fraction of sp³-hybridized carbons (Fsp3) is 1.00. The summed E-state index contributed by atoms with van der Waals surface area (Å²) < 4.78 is 0. The van der Waals surface area contributed by atoms with Crippen molar-refractivity contribution in [2.45, 2.75) is 20.8 Å². The Labute approximate surface area is 57.6 Å². The highest BCUT2D eigenvalue weighted by Crippen LogP contribution is 2.23.